The average Bonchev–Trinajstić information content (AvgIpc) is 2.89. The summed E-state index contributed by atoms with van der Waals surface area (Å²) in [5.74, 6) is 1.59. The highest BCUT2D eigenvalue weighted by molar-refractivity contribution is 7.99. The molecule has 0 aliphatic heterocycles. The largest absolute Gasteiger partial charge is 0.361 e. The zero-order valence-electron chi connectivity index (χ0n) is 12.2. The number of thioether (sulfide) groups is 1. The summed E-state index contributed by atoms with van der Waals surface area (Å²) in [6, 6.07) is 11.9. The van der Waals surface area contributed by atoms with Gasteiger partial charge in [0, 0.05) is 30.3 Å². The van der Waals surface area contributed by atoms with Gasteiger partial charge in [0.25, 0.3) is 0 Å². The van der Waals surface area contributed by atoms with Gasteiger partial charge >= 0.3 is 6.03 Å². The number of nitrogens with zero attached hydrogens (tertiary/aromatic N) is 2. The van der Waals surface area contributed by atoms with Gasteiger partial charge in [-0.1, -0.05) is 23.4 Å². The monoisotopic (exact) mass is 305 g/mol. The number of amides is 2. The lowest BCUT2D eigenvalue weighted by Gasteiger charge is -2.16. The Kier molecular flexibility index (Phi) is 5.68. The van der Waals surface area contributed by atoms with Gasteiger partial charge in [-0.2, -0.15) is 0 Å². The van der Waals surface area contributed by atoms with Crippen molar-refractivity contribution in [3.8, 4) is 0 Å². The highest BCUT2D eigenvalue weighted by Crippen LogP contribution is 2.15. The summed E-state index contributed by atoms with van der Waals surface area (Å²) in [6.07, 6.45) is 0. The maximum atomic E-state index is 11.9. The summed E-state index contributed by atoms with van der Waals surface area (Å²) in [4.78, 5) is 14.7. The molecule has 0 aliphatic rings. The number of rotatable bonds is 6. The Hall–Kier alpha value is -1.95. The van der Waals surface area contributed by atoms with Crippen molar-refractivity contribution >= 4 is 17.8 Å². The van der Waals surface area contributed by atoms with Crippen LogP contribution in [0.25, 0.3) is 0 Å². The van der Waals surface area contributed by atoms with Crippen molar-refractivity contribution in [2.75, 3.05) is 19.3 Å². The van der Waals surface area contributed by atoms with Crippen molar-refractivity contribution in [2.45, 2.75) is 18.4 Å². The molecule has 1 aromatic heterocycles. The van der Waals surface area contributed by atoms with Crippen molar-refractivity contribution in [3.63, 3.8) is 0 Å². The van der Waals surface area contributed by atoms with E-state index in [2.05, 4.69) is 22.6 Å². The molecule has 0 unspecified atom stereocenters. The molecule has 0 saturated heterocycles. The molecule has 2 rings (SSSR count). The number of benzene rings is 1. The molecular weight excluding hydrogens is 286 g/mol. The first-order valence-corrected chi connectivity index (χ1v) is 7.73. The molecule has 1 aromatic carbocycles. The topological polar surface area (TPSA) is 58.4 Å². The fourth-order valence-electron chi connectivity index (χ4n) is 1.79. The molecule has 2 aromatic rings. The molecule has 6 heteroatoms. The number of hydrogen-bond acceptors (Lipinski definition) is 4. The van der Waals surface area contributed by atoms with Crippen LogP contribution in [0.1, 0.15) is 11.5 Å². The van der Waals surface area contributed by atoms with Gasteiger partial charge in [-0.15, -0.1) is 11.8 Å². The molecule has 1 N–H and O–H groups in total. The van der Waals surface area contributed by atoms with E-state index in [1.165, 1.54) is 4.90 Å². The zero-order valence-corrected chi connectivity index (χ0v) is 13.0. The van der Waals surface area contributed by atoms with E-state index in [0.29, 0.717) is 13.1 Å². The number of nitrogens with one attached hydrogen (secondary N) is 1. The Bertz CT molecular complexity index is 571. The van der Waals surface area contributed by atoms with E-state index in [0.717, 1.165) is 17.2 Å². The molecule has 112 valence electrons. The summed E-state index contributed by atoms with van der Waals surface area (Å²) in [5.41, 5.74) is 0.754. The number of hydrogen-bond donors (Lipinski definition) is 1. The van der Waals surface area contributed by atoms with Gasteiger partial charge in [0.15, 0.2) is 0 Å². The van der Waals surface area contributed by atoms with Gasteiger partial charge in [0.2, 0.25) is 0 Å². The molecule has 0 radical (unpaired) electrons. The highest BCUT2D eigenvalue weighted by atomic mass is 32.2. The molecule has 0 atom stereocenters. The maximum absolute atomic E-state index is 11.9. The maximum Gasteiger partial charge on any atom is 0.317 e. The molecule has 0 aliphatic carbocycles. The predicted molar refractivity (Wildman–Crippen MR) is 83.3 cm³/mol. The second kappa shape index (κ2) is 7.73. The first-order chi connectivity index (χ1) is 10.1. The lowest BCUT2D eigenvalue weighted by Crippen LogP contribution is -2.37. The van der Waals surface area contributed by atoms with Crippen LogP contribution in [0.3, 0.4) is 0 Å². The number of urea groups is 1. The predicted octanol–water partition coefficient (Wildman–Crippen LogP) is 2.92. The molecular formula is C15H19N3O2S. The molecule has 0 spiro atoms. The Morgan fingerprint density at radius 2 is 2.14 bits per heavy atom. The van der Waals surface area contributed by atoms with Crippen LogP contribution < -0.4 is 5.32 Å². The van der Waals surface area contributed by atoms with E-state index in [1.807, 2.05) is 31.2 Å². The minimum absolute atomic E-state index is 0.107. The minimum Gasteiger partial charge on any atom is -0.361 e. The minimum atomic E-state index is -0.107. The fourth-order valence-corrected chi connectivity index (χ4v) is 2.58. The van der Waals surface area contributed by atoms with Crippen molar-refractivity contribution in [1.29, 1.82) is 0 Å². The van der Waals surface area contributed by atoms with Crippen molar-refractivity contribution in [3.05, 3.63) is 47.9 Å². The van der Waals surface area contributed by atoms with E-state index in [9.17, 15) is 4.79 Å². The van der Waals surface area contributed by atoms with Crippen molar-refractivity contribution < 1.29 is 9.32 Å². The number of aryl methyl sites for hydroxylation is 1. The highest BCUT2D eigenvalue weighted by Gasteiger charge is 2.10. The fraction of sp³-hybridized carbons (Fsp3) is 0.333. The van der Waals surface area contributed by atoms with Crippen LogP contribution >= 0.6 is 11.8 Å². The summed E-state index contributed by atoms with van der Waals surface area (Å²) in [5, 5.41) is 6.76. The molecule has 0 fully saturated rings. The summed E-state index contributed by atoms with van der Waals surface area (Å²) in [6.45, 7) is 2.90. The molecule has 0 bridgehead atoms. The van der Waals surface area contributed by atoms with Crippen LogP contribution in [0.2, 0.25) is 0 Å². The summed E-state index contributed by atoms with van der Waals surface area (Å²) >= 11 is 1.72. The van der Waals surface area contributed by atoms with Crippen molar-refractivity contribution in [2.24, 2.45) is 0 Å². The van der Waals surface area contributed by atoms with E-state index in [4.69, 9.17) is 4.52 Å². The van der Waals surface area contributed by atoms with Crippen LogP contribution in [-0.2, 0) is 6.54 Å². The average molecular weight is 305 g/mol. The zero-order chi connectivity index (χ0) is 15.1. The Morgan fingerprint density at radius 3 is 2.81 bits per heavy atom. The molecule has 0 saturated carbocycles. The Morgan fingerprint density at radius 1 is 1.38 bits per heavy atom. The third-order valence-corrected chi connectivity index (χ3v) is 3.83. The summed E-state index contributed by atoms with van der Waals surface area (Å²) in [7, 11) is 1.74. The van der Waals surface area contributed by atoms with Crippen LogP contribution in [0.15, 0.2) is 45.8 Å². The molecule has 21 heavy (non-hydrogen) atoms. The molecule has 5 nitrogen and oxygen atoms in total. The number of carbonyl (C=O) groups excluding carboxylic acids is 1. The summed E-state index contributed by atoms with van der Waals surface area (Å²) < 4.78 is 4.98. The lowest BCUT2D eigenvalue weighted by molar-refractivity contribution is 0.206. The Balaban J connectivity index is 1.67. The molecule has 2 amide bonds. The van der Waals surface area contributed by atoms with E-state index in [-0.39, 0.29) is 6.03 Å². The lowest BCUT2D eigenvalue weighted by atomic mass is 10.3. The van der Waals surface area contributed by atoms with Gasteiger partial charge in [-0.25, -0.2) is 4.79 Å². The van der Waals surface area contributed by atoms with Crippen LogP contribution in [0, 0.1) is 6.92 Å². The van der Waals surface area contributed by atoms with Gasteiger partial charge in [-0.05, 0) is 19.1 Å². The van der Waals surface area contributed by atoms with Crippen LogP contribution in [0.4, 0.5) is 4.79 Å². The van der Waals surface area contributed by atoms with Gasteiger partial charge in [-0.3, -0.25) is 0 Å². The number of carbonyl (C=O) groups is 1. The van der Waals surface area contributed by atoms with Gasteiger partial charge in [0.05, 0.1) is 6.54 Å². The van der Waals surface area contributed by atoms with Crippen molar-refractivity contribution in [1.82, 2.24) is 15.4 Å². The second-order valence-corrected chi connectivity index (χ2v) is 5.85. The first kappa shape index (κ1) is 15.4. The molecule has 1 heterocycles. The number of aromatic nitrogens is 1. The smallest absolute Gasteiger partial charge is 0.317 e. The van der Waals surface area contributed by atoms with E-state index >= 15 is 0 Å². The second-order valence-electron chi connectivity index (χ2n) is 4.68. The van der Waals surface area contributed by atoms with Crippen LogP contribution in [0.5, 0.6) is 0 Å². The van der Waals surface area contributed by atoms with Gasteiger partial charge in [0.1, 0.15) is 11.5 Å². The van der Waals surface area contributed by atoms with E-state index < -0.39 is 0 Å². The van der Waals surface area contributed by atoms with E-state index in [1.54, 1.807) is 23.7 Å². The normalized spacial score (nSPS) is 10.4. The van der Waals surface area contributed by atoms with Crippen LogP contribution in [-0.4, -0.2) is 35.4 Å². The first-order valence-electron chi connectivity index (χ1n) is 6.74. The third kappa shape index (κ3) is 5.15. The third-order valence-electron chi connectivity index (χ3n) is 2.81. The quantitative estimate of drug-likeness (QED) is 0.658. The Labute approximate surface area is 128 Å². The SMILES string of the molecule is Cc1cc(CN(C)C(=O)NCCSc2ccccc2)no1. The standard InChI is InChI=1S/C15H19N3O2S/c1-12-10-13(17-20-12)11-18(2)15(19)16-8-9-21-14-6-4-3-5-7-14/h3-7,10H,8-9,11H2,1-2H3,(H,16,19). The van der Waals surface area contributed by atoms with Gasteiger partial charge < -0.3 is 14.7 Å².